The van der Waals surface area contributed by atoms with Crippen LogP contribution in [0.25, 0.3) is 0 Å². The molecule has 2 aromatic carbocycles. The number of benzene rings is 2. The molecule has 0 radical (unpaired) electrons. The van der Waals surface area contributed by atoms with Crippen LogP contribution in [0.3, 0.4) is 0 Å². The zero-order valence-electron chi connectivity index (χ0n) is 13.3. The minimum atomic E-state index is -1.36. The summed E-state index contributed by atoms with van der Waals surface area (Å²) in [5.41, 5.74) is 7.00. The summed E-state index contributed by atoms with van der Waals surface area (Å²) in [6.45, 7) is 3.06. The summed E-state index contributed by atoms with van der Waals surface area (Å²) in [5, 5.41) is -0.324. The smallest absolute Gasteiger partial charge is 0.230 e. The Bertz CT molecular complexity index is 613. The van der Waals surface area contributed by atoms with Gasteiger partial charge in [-0.15, -0.1) is 0 Å². The van der Waals surface area contributed by atoms with Gasteiger partial charge in [0.15, 0.2) is 0 Å². The zero-order chi connectivity index (χ0) is 17.2. The first kappa shape index (κ1) is 18.8. The van der Waals surface area contributed by atoms with Gasteiger partial charge in [-0.25, -0.2) is 0 Å². The lowest BCUT2D eigenvalue weighted by atomic mass is 10.0. The number of rotatable bonds is 5. The van der Waals surface area contributed by atoms with Crippen molar-refractivity contribution in [1.82, 2.24) is 0 Å². The lowest BCUT2D eigenvalue weighted by Crippen LogP contribution is -2.23. The number of hydrogen-bond donors (Lipinski definition) is 1. The molecule has 2 N–H and O–H groups in total. The van der Waals surface area contributed by atoms with Gasteiger partial charge < -0.3 is 10.5 Å². The maximum absolute atomic E-state index is 12.4. The van der Waals surface area contributed by atoms with E-state index in [0.717, 1.165) is 11.1 Å². The van der Waals surface area contributed by atoms with E-state index in [1.807, 2.05) is 60.7 Å². The van der Waals surface area contributed by atoms with Crippen molar-refractivity contribution in [2.45, 2.75) is 19.1 Å². The second-order valence-electron chi connectivity index (χ2n) is 5.10. The minimum Gasteiger partial charge on any atom is -0.369 e. The van der Waals surface area contributed by atoms with Gasteiger partial charge in [-0.2, -0.15) is 0 Å². The van der Waals surface area contributed by atoms with Crippen LogP contribution in [0.5, 0.6) is 0 Å². The lowest BCUT2D eigenvalue weighted by Gasteiger charge is -2.16. The number of carbonyl (C=O) groups excluding carboxylic acids is 2. The van der Waals surface area contributed by atoms with Gasteiger partial charge in [0.2, 0.25) is 5.91 Å². The van der Waals surface area contributed by atoms with Crippen LogP contribution in [-0.2, 0) is 20.4 Å². The van der Waals surface area contributed by atoms with Crippen molar-refractivity contribution in [1.29, 1.82) is 0 Å². The minimum absolute atomic E-state index is 0.131. The summed E-state index contributed by atoms with van der Waals surface area (Å²) < 4.78 is 12.4. The molecule has 2 aromatic rings. The Labute approximate surface area is 139 Å². The van der Waals surface area contributed by atoms with E-state index in [4.69, 9.17) is 5.73 Å². The number of hydrogen-bond acceptors (Lipinski definition) is 3. The van der Waals surface area contributed by atoms with E-state index < -0.39 is 16.7 Å². The Morgan fingerprint density at radius 2 is 1.26 bits per heavy atom. The van der Waals surface area contributed by atoms with Gasteiger partial charge in [0.05, 0.1) is 5.25 Å². The van der Waals surface area contributed by atoms with Crippen LogP contribution in [0.15, 0.2) is 60.7 Å². The molecule has 0 spiro atoms. The van der Waals surface area contributed by atoms with Crippen LogP contribution >= 0.6 is 0 Å². The molecule has 0 saturated heterocycles. The van der Waals surface area contributed by atoms with Crippen molar-refractivity contribution >= 4 is 22.5 Å². The number of Topliss-reactive ketones (excluding diaryl/α,β-unsaturated/α-hetero) is 1. The summed E-state index contributed by atoms with van der Waals surface area (Å²) in [5.74, 6) is -0.510. The van der Waals surface area contributed by atoms with Crippen molar-refractivity contribution in [2.24, 2.45) is 5.73 Å². The third kappa shape index (κ3) is 7.02. The average Bonchev–Trinajstić information content (AvgIpc) is 2.48. The van der Waals surface area contributed by atoms with E-state index in [2.05, 4.69) is 0 Å². The van der Waals surface area contributed by atoms with Crippen molar-refractivity contribution < 1.29 is 13.8 Å². The molecule has 0 heterocycles. The number of primary amides is 1. The first-order chi connectivity index (χ1) is 10.9. The van der Waals surface area contributed by atoms with Crippen LogP contribution < -0.4 is 5.73 Å². The predicted molar refractivity (Wildman–Crippen MR) is 93.3 cm³/mol. The standard InChI is InChI=1S/C15H15NO2S.C3H6O/c16-14(17)11-19(18)15(12-7-3-1-4-8-12)13-9-5-2-6-10-13;1-3(2)4/h1-10,15H,11H2,(H2,16,17);1-2H3. The molecule has 0 saturated carbocycles. The molecule has 1 unspecified atom stereocenters. The van der Waals surface area contributed by atoms with E-state index in [1.54, 1.807) is 0 Å². The average molecular weight is 331 g/mol. The highest BCUT2D eigenvalue weighted by Gasteiger charge is 2.22. The summed E-state index contributed by atoms with van der Waals surface area (Å²) in [6, 6.07) is 19.0. The Balaban J connectivity index is 0.000000593. The van der Waals surface area contributed by atoms with Gasteiger partial charge >= 0.3 is 0 Å². The monoisotopic (exact) mass is 331 g/mol. The molecule has 1 amide bonds. The highest BCUT2D eigenvalue weighted by molar-refractivity contribution is 7.86. The Kier molecular flexibility index (Phi) is 7.91. The van der Waals surface area contributed by atoms with Crippen LogP contribution in [0.1, 0.15) is 30.2 Å². The van der Waals surface area contributed by atoms with Gasteiger partial charge in [0.1, 0.15) is 11.5 Å². The number of nitrogens with two attached hydrogens (primary N) is 1. The van der Waals surface area contributed by atoms with Gasteiger partial charge in [-0.05, 0) is 25.0 Å². The molecule has 0 fully saturated rings. The van der Waals surface area contributed by atoms with Crippen molar-refractivity contribution in [2.75, 3.05) is 5.75 Å². The van der Waals surface area contributed by atoms with Gasteiger partial charge in [0.25, 0.3) is 0 Å². The molecule has 0 aromatic heterocycles. The van der Waals surface area contributed by atoms with Crippen LogP contribution in [0.4, 0.5) is 0 Å². The topological polar surface area (TPSA) is 77.2 Å². The predicted octanol–water partition coefficient (Wildman–Crippen LogP) is 2.61. The zero-order valence-corrected chi connectivity index (χ0v) is 14.1. The van der Waals surface area contributed by atoms with E-state index in [-0.39, 0.29) is 16.8 Å². The van der Waals surface area contributed by atoms with Gasteiger partial charge in [0, 0.05) is 10.8 Å². The second kappa shape index (κ2) is 9.69. The highest BCUT2D eigenvalue weighted by atomic mass is 32.2. The SMILES string of the molecule is CC(C)=O.NC(=O)CS(=O)C(c1ccccc1)c1ccccc1. The molecule has 0 bridgehead atoms. The normalized spacial score (nSPS) is 11.3. The summed E-state index contributed by atoms with van der Waals surface area (Å²) in [6.07, 6.45) is 0. The maximum Gasteiger partial charge on any atom is 0.230 e. The number of amides is 1. The summed E-state index contributed by atoms with van der Waals surface area (Å²) >= 11 is 0. The highest BCUT2D eigenvalue weighted by Crippen LogP contribution is 2.27. The van der Waals surface area contributed by atoms with Gasteiger partial charge in [-0.1, -0.05) is 60.7 Å². The molecule has 4 nitrogen and oxygen atoms in total. The fourth-order valence-corrected chi connectivity index (χ4v) is 3.34. The molecule has 0 aliphatic rings. The third-order valence-electron chi connectivity index (χ3n) is 2.75. The van der Waals surface area contributed by atoms with E-state index in [0.29, 0.717) is 0 Å². The van der Waals surface area contributed by atoms with Crippen LogP contribution in [-0.4, -0.2) is 21.7 Å². The maximum atomic E-state index is 12.4. The van der Waals surface area contributed by atoms with Gasteiger partial charge in [-0.3, -0.25) is 9.00 Å². The number of carbonyl (C=O) groups is 2. The molecule has 5 heteroatoms. The van der Waals surface area contributed by atoms with Crippen LogP contribution in [0.2, 0.25) is 0 Å². The Morgan fingerprint density at radius 1 is 0.913 bits per heavy atom. The molecular weight excluding hydrogens is 310 g/mol. The van der Waals surface area contributed by atoms with E-state index in [9.17, 15) is 13.8 Å². The molecule has 23 heavy (non-hydrogen) atoms. The van der Waals surface area contributed by atoms with Crippen molar-refractivity contribution in [3.63, 3.8) is 0 Å². The Morgan fingerprint density at radius 3 is 1.57 bits per heavy atom. The first-order valence-electron chi connectivity index (χ1n) is 7.14. The Hall–Kier alpha value is -2.27. The fraction of sp³-hybridized carbons (Fsp3) is 0.222. The summed E-state index contributed by atoms with van der Waals surface area (Å²) in [7, 11) is -1.36. The first-order valence-corrected chi connectivity index (χ1v) is 8.52. The fourth-order valence-electron chi connectivity index (χ4n) is 1.98. The van der Waals surface area contributed by atoms with E-state index in [1.165, 1.54) is 13.8 Å². The largest absolute Gasteiger partial charge is 0.369 e. The lowest BCUT2D eigenvalue weighted by molar-refractivity contribution is -0.116. The molecule has 0 aliphatic carbocycles. The number of ketones is 1. The molecule has 1 atom stereocenters. The molecule has 2 rings (SSSR count). The second-order valence-corrected chi connectivity index (χ2v) is 6.62. The van der Waals surface area contributed by atoms with Crippen molar-refractivity contribution in [3.05, 3.63) is 71.8 Å². The molecule has 122 valence electrons. The van der Waals surface area contributed by atoms with Crippen LogP contribution in [0, 0.1) is 0 Å². The molecular formula is C18H21NO3S. The quantitative estimate of drug-likeness (QED) is 0.915. The summed E-state index contributed by atoms with van der Waals surface area (Å²) in [4.78, 5) is 20.5. The van der Waals surface area contributed by atoms with Crippen molar-refractivity contribution in [3.8, 4) is 0 Å². The molecule has 0 aliphatic heterocycles. The third-order valence-corrected chi connectivity index (χ3v) is 4.39. The van der Waals surface area contributed by atoms with E-state index >= 15 is 0 Å².